The van der Waals surface area contributed by atoms with Gasteiger partial charge in [-0.25, -0.2) is 0 Å². The fourth-order valence-electron chi connectivity index (χ4n) is 2.23. The molecule has 26 heavy (non-hydrogen) atoms. The van der Waals surface area contributed by atoms with Crippen LogP contribution in [0.4, 0.5) is 0 Å². The van der Waals surface area contributed by atoms with Crippen molar-refractivity contribution in [2.45, 2.75) is 20.1 Å². The van der Waals surface area contributed by atoms with E-state index in [2.05, 4.69) is 27.8 Å². The molecule has 142 valence electrons. The van der Waals surface area contributed by atoms with E-state index in [9.17, 15) is 0 Å². The van der Waals surface area contributed by atoms with Gasteiger partial charge in [-0.05, 0) is 52.7 Å². The van der Waals surface area contributed by atoms with Gasteiger partial charge in [-0.2, -0.15) is 0 Å². The lowest BCUT2D eigenvalue weighted by molar-refractivity contribution is 0.267. The molecule has 2 aromatic carbocycles. The van der Waals surface area contributed by atoms with Crippen molar-refractivity contribution < 1.29 is 9.47 Å². The van der Waals surface area contributed by atoms with Crippen molar-refractivity contribution in [2.24, 2.45) is 0 Å². The normalized spacial score (nSPS) is 10.2. The van der Waals surface area contributed by atoms with E-state index in [1.165, 1.54) is 0 Å². The van der Waals surface area contributed by atoms with E-state index in [0.717, 1.165) is 22.1 Å². The topological polar surface area (TPSA) is 30.5 Å². The molecule has 0 spiro atoms. The summed E-state index contributed by atoms with van der Waals surface area (Å²) in [4.78, 5) is 0. The van der Waals surface area contributed by atoms with Crippen molar-refractivity contribution in [1.82, 2.24) is 5.32 Å². The van der Waals surface area contributed by atoms with E-state index in [1.54, 1.807) is 12.1 Å². The van der Waals surface area contributed by atoms with Crippen LogP contribution in [0.15, 0.2) is 47.5 Å². The number of hydrogen-bond donors (Lipinski definition) is 1. The molecule has 0 saturated carbocycles. The van der Waals surface area contributed by atoms with Crippen LogP contribution in [0.25, 0.3) is 0 Å². The Morgan fingerprint density at radius 1 is 1.19 bits per heavy atom. The highest BCUT2D eigenvalue weighted by Crippen LogP contribution is 2.38. The van der Waals surface area contributed by atoms with Crippen molar-refractivity contribution >= 4 is 51.5 Å². The predicted molar refractivity (Wildman–Crippen MR) is 115 cm³/mol. The Bertz CT molecular complexity index is 741. The standard InChI is InChI=1S/C19H20BrCl2NO2.ClH/c1-3-7-23-11-13-8-16(20)19(18(9-13)24-4-2)25-12-14-5-6-15(21)10-17(14)22;/h3,5-6,8-10,23H,1,4,7,11-12H2,2H3;1H. The fraction of sp³-hybridized carbons (Fsp3) is 0.263. The summed E-state index contributed by atoms with van der Waals surface area (Å²) in [5.74, 6) is 1.35. The van der Waals surface area contributed by atoms with Gasteiger partial charge < -0.3 is 14.8 Å². The van der Waals surface area contributed by atoms with Crippen LogP contribution in [0.1, 0.15) is 18.1 Å². The molecule has 3 nitrogen and oxygen atoms in total. The van der Waals surface area contributed by atoms with E-state index in [0.29, 0.717) is 41.3 Å². The van der Waals surface area contributed by atoms with Crippen molar-refractivity contribution in [3.8, 4) is 11.5 Å². The highest BCUT2D eigenvalue weighted by Gasteiger charge is 2.13. The number of nitrogens with one attached hydrogen (secondary N) is 1. The van der Waals surface area contributed by atoms with Gasteiger partial charge in [0.15, 0.2) is 11.5 Å². The molecule has 0 aliphatic heterocycles. The number of halogens is 4. The van der Waals surface area contributed by atoms with Gasteiger partial charge in [0.1, 0.15) is 6.61 Å². The average molecular weight is 482 g/mol. The van der Waals surface area contributed by atoms with Crippen molar-refractivity contribution in [1.29, 1.82) is 0 Å². The van der Waals surface area contributed by atoms with Crippen LogP contribution in [-0.2, 0) is 13.2 Å². The summed E-state index contributed by atoms with van der Waals surface area (Å²) < 4.78 is 12.5. The third-order valence-electron chi connectivity index (χ3n) is 3.37. The van der Waals surface area contributed by atoms with Gasteiger partial charge >= 0.3 is 0 Å². The first kappa shape index (κ1) is 23.1. The lowest BCUT2D eigenvalue weighted by atomic mass is 10.2. The summed E-state index contributed by atoms with van der Waals surface area (Å²) in [6, 6.07) is 9.33. The van der Waals surface area contributed by atoms with Crippen LogP contribution in [0.3, 0.4) is 0 Å². The molecular formula is C19H21BrCl3NO2. The van der Waals surface area contributed by atoms with Crippen molar-refractivity contribution in [3.63, 3.8) is 0 Å². The zero-order chi connectivity index (χ0) is 18.2. The quantitative estimate of drug-likeness (QED) is 0.331. The Balaban J connectivity index is 0.00000338. The Morgan fingerprint density at radius 3 is 2.62 bits per heavy atom. The molecule has 0 unspecified atom stereocenters. The van der Waals surface area contributed by atoms with Crippen LogP contribution >= 0.6 is 51.5 Å². The Hall–Kier alpha value is -0.910. The lowest BCUT2D eigenvalue weighted by Gasteiger charge is -2.16. The highest BCUT2D eigenvalue weighted by atomic mass is 79.9. The first-order valence-corrected chi connectivity index (χ1v) is 9.43. The molecule has 0 aliphatic rings. The third kappa shape index (κ3) is 6.67. The van der Waals surface area contributed by atoms with Gasteiger partial charge in [0, 0.05) is 28.7 Å². The molecule has 2 aromatic rings. The van der Waals surface area contributed by atoms with Gasteiger partial charge in [0.25, 0.3) is 0 Å². The van der Waals surface area contributed by atoms with E-state index >= 15 is 0 Å². The molecule has 2 rings (SSSR count). The number of hydrogen-bond acceptors (Lipinski definition) is 3. The summed E-state index contributed by atoms with van der Waals surface area (Å²) in [5, 5.41) is 4.45. The Morgan fingerprint density at radius 2 is 1.96 bits per heavy atom. The minimum atomic E-state index is 0. The maximum absolute atomic E-state index is 6.21. The summed E-state index contributed by atoms with van der Waals surface area (Å²) in [6.45, 7) is 7.97. The highest BCUT2D eigenvalue weighted by molar-refractivity contribution is 9.10. The molecular weight excluding hydrogens is 460 g/mol. The molecule has 0 heterocycles. The van der Waals surface area contributed by atoms with Crippen molar-refractivity contribution in [2.75, 3.05) is 13.2 Å². The van der Waals surface area contributed by atoms with E-state index in [-0.39, 0.29) is 12.4 Å². The maximum Gasteiger partial charge on any atom is 0.175 e. The van der Waals surface area contributed by atoms with Crippen LogP contribution in [0, 0.1) is 0 Å². The second-order valence-corrected chi connectivity index (χ2v) is 6.98. The van der Waals surface area contributed by atoms with Crippen molar-refractivity contribution in [3.05, 3.63) is 68.6 Å². The maximum atomic E-state index is 6.21. The monoisotopic (exact) mass is 479 g/mol. The number of rotatable bonds is 9. The zero-order valence-corrected chi connectivity index (χ0v) is 18.3. The van der Waals surface area contributed by atoms with Crippen LogP contribution in [0.2, 0.25) is 10.0 Å². The molecule has 0 radical (unpaired) electrons. The summed E-state index contributed by atoms with van der Waals surface area (Å²) in [7, 11) is 0. The SMILES string of the molecule is C=CCNCc1cc(Br)c(OCc2ccc(Cl)cc2Cl)c(OCC)c1.Cl. The summed E-state index contributed by atoms with van der Waals surface area (Å²) in [5.41, 5.74) is 1.95. The first-order valence-electron chi connectivity index (χ1n) is 7.88. The average Bonchev–Trinajstić information content (AvgIpc) is 2.56. The predicted octanol–water partition coefficient (Wildman–Crippen LogP) is 6.43. The van der Waals surface area contributed by atoms with Gasteiger partial charge in [-0.15, -0.1) is 19.0 Å². The molecule has 0 fully saturated rings. The molecule has 0 saturated heterocycles. The van der Waals surface area contributed by atoms with Gasteiger partial charge in [0.2, 0.25) is 0 Å². The molecule has 0 aliphatic carbocycles. The molecule has 7 heteroatoms. The molecule has 0 aromatic heterocycles. The largest absolute Gasteiger partial charge is 0.490 e. The molecule has 1 N–H and O–H groups in total. The molecule has 0 amide bonds. The van der Waals surface area contributed by atoms with E-state index in [4.69, 9.17) is 32.7 Å². The molecule has 0 atom stereocenters. The van der Waals surface area contributed by atoms with E-state index < -0.39 is 0 Å². The minimum Gasteiger partial charge on any atom is -0.490 e. The summed E-state index contributed by atoms with van der Waals surface area (Å²) >= 11 is 15.7. The zero-order valence-electron chi connectivity index (χ0n) is 14.4. The number of benzene rings is 2. The number of ether oxygens (including phenoxy) is 2. The third-order valence-corrected chi connectivity index (χ3v) is 4.55. The molecule has 0 bridgehead atoms. The van der Waals surface area contributed by atoms with Crippen LogP contribution in [0.5, 0.6) is 11.5 Å². The fourth-order valence-corrected chi connectivity index (χ4v) is 3.30. The first-order chi connectivity index (χ1) is 12.0. The van der Waals surface area contributed by atoms with Gasteiger partial charge in [-0.1, -0.05) is 35.3 Å². The van der Waals surface area contributed by atoms with Gasteiger partial charge in [-0.3, -0.25) is 0 Å². The van der Waals surface area contributed by atoms with Crippen LogP contribution < -0.4 is 14.8 Å². The lowest BCUT2D eigenvalue weighted by Crippen LogP contribution is -2.13. The second kappa shape index (κ2) is 11.7. The van der Waals surface area contributed by atoms with E-state index in [1.807, 2.05) is 31.2 Å². The summed E-state index contributed by atoms with van der Waals surface area (Å²) in [6.07, 6.45) is 1.83. The minimum absolute atomic E-state index is 0. The Labute approximate surface area is 179 Å². The Kier molecular flexibility index (Phi) is 10.4. The second-order valence-electron chi connectivity index (χ2n) is 5.28. The smallest absolute Gasteiger partial charge is 0.175 e. The van der Waals surface area contributed by atoms with Crippen LogP contribution in [-0.4, -0.2) is 13.2 Å². The van der Waals surface area contributed by atoms with Gasteiger partial charge in [0.05, 0.1) is 11.1 Å².